The number of hydrogen-bond acceptors (Lipinski definition) is 5. The molecule has 7 heteroatoms. The Labute approximate surface area is 130 Å². The average Bonchev–Trinajstić information content (AvgIpc) is 2.98. The molecule has 1 fully saturated rings. The number of carbonyl (C=O) groups excluding carboxylic acids is 1. The Morgan fingerprint density at radius 1 is 1.41 bits per heavy atom. The predicted octanol–water partition coefficient (Wildman–Crippen LogP) is 1.38. The molecule has 1 amide bonds. The number of amides is 1. The van der Waals surface area contributed by atoms with Gasteiger partial charge in [0.15, 0.2) is 0 Å². The molecule has 2 atom stereocenters. The second kappa shape index (κ2) is 7.21. The number of carbonyl (C=O) groups is 1. The highest BCUT2D eigenvalue weighted by atomic mass is 32.2. The molecule has 0 spiro atoms. The average molecular weight is 327 g/mol. The van der Waals surface area contributed by atoms with Crippen molar-refractivity contribution < 1.29 is 22.7 Å². The maximum atomic E-state index is 12.1. The first-order valence-electron chi connectivity index (χ1n) is 7.25. The predicted molar refractivity (Wildman–Crippen MR) is 80.9 cm³/mol. The minimum atomic E-state index is -3.87. The molecule has 1 aliphatic rings. The molecule has 1 aliphatic heterocycles. The minimum Gasteiger partial charge on any atom is -0.376 e. The summed E-state index contributed by atoms with van der Waals surface area (Å²) in [4.78, 5) is 12.0. The van der Waals surface area contributed by atoms with Gasteiger partial charge in [0, 0.05) is 6.61 Å². The quantitative estimate of drug-likeness (QED) is 0.854. The highest BCUT2D eigenvalue weighted by Crippen LogP contribution is 2.13. The molecule has 0 unspecified atom stereocenters. The van der Waals surface area contributed by atoms with Gasteiger partial charge in [-0.05, 0) is 38.8 Å². The Bertz CT molecular complexity index is 605. The molecule has 22 heavy (non-hydrogen) atoms. The van der Waals surface area contributed by atoms with E-state index in [0.29, 0.717) is 13.2 Å². The Hall–Kier alpha value is -1.44. The summed E-state index contributed by atoms with van der Waals surface area (Å²) in [5.41, 5.74) is 0.943. The number of hydrogen-bond donors (Lipinski definition) is 1. The van der Waals surface area contributed by atoms with E-state index in [4.69, 9.17) is 9.47 Å². The largest absolute Gasteiger partial charge is 0.376 e. The summed E-state index contributed by atoms with van der Waals surface area (Å²) in [5, 5.41) is 0. The van der Waals surface area contributed by atoms with Gasteiger partial charge in [-0.25, -0.2) is 13.1 Å². The third kappa shape index (κ3) is 4.53. The van der Waals surface area contributed by atoms with Crippen LogP contribution in [0.2, 0.25) is 0 Å². The second-order valence-electron chi connectivity index (χ2n) is 5.39. The number of ether oxygens (including phenoxy) is 2. The maximum absolute atomic E-state index is 12.1. The van der Waals surface area contributed by atoms with Crippen molar-refractivity contribution in [3.05, 3.63) is 29.8 Å². The van der Waals surface area contributed by atoms with E-state index in [2.05, 4.69) is 0 Å². The highest BCUT2D eigenvalue weighted by molar-refractivity contribution is 7.90. The third-order valence-electron chi connectivity index (χ3n) is 3.49. The summed E-state index contributed by atoms with van der Waals surface area (Å²) in [6.07, 6.45) is 1.01. The number of rotatable bonds is 6. The molecule has 122 valence electrons. The molecule has 0 saturated carbocycles. The number of nitrogens with one attached hydrogen (secondary N) is 1. The molecule has 1 heterocycles. The van der Waals surface area contributed by atoms with Crippen LogP contribution in [0.3, 0.4) is 0 Å². The Morgan fingerprint density at radius 3 is 2.68 bits per heavy atom. The Morgan fingerprint density at radius 2 is 2.09 bits per heavy atom. The molecular formula is C15H21NO5S. The fourth-order valence-corrected chi connectivity index (χ4v) is 3.14. The van der Waals surface area contributed by atoms with E-state index in [1.54, 1.807) is 12.1 Å². The normalized spacial score (nSPS) is 19.8. The van der Waals surface area contributed by atoms with Gasteiger partial charge < -0.3 is 9.47 Å². The van der Waals surface area contributed by atoms with Crippen LogP contribution in [0.25, 0.3) is 0 Å². The van der Waals surface area contributed by atoms with E-state index >= 15 is 0 Å². The maximum Gasteiger partial charge on any atom is 0.264 e. The summed E-state index contributed by atoms with van der Waals surface area (Å²) < 4.78 is 37.0. The molecule has 2 rings (SSSR count). The van der Waals surface area contributed by atoms with Gasteiger partial charge in [0.25, 0.3) is 15.9 Å². The molecule has 0 radical (unpaired) electrons. The van der Waals surface area contributed by atoms with Crippen molar-refractivity contribution in [2.75, 3.05) is 13.2 Å². The van der Waals surface area contributed by atoms with Crippen molar-refractivity contribution >= 4 is 15.9 Å². The van der Waals surface area contributed by atoms with Crippen LogP contribution in [0.15, 0.2) is 29.2 Å². The SMILES string of the molecule is Cc1ccc(S(=O)(=O)NC(=O)[C@@H](C)OC[C@H]2CCCO2)cc1. The van der Waals surface area contributed by atoms with Crippen LogP contribution in [0.1, 0.15) is 25.3 Å². The fourth-order valence-electron chi connectivity index (χ4n) is 2.09. The van der Waals surface area contributed by atoms with Crippen LogP contribution in [-0.2, 0) is 24.3 Å². The molecule has 6 nitrogen and oxygen atoms in total. The smallest absolute Gasteiger partial charge is 0.264 e. The second-order valence-corrected chi connectivity index (χ2v) is 7.08. The lowest BCUT2D eigenvalue weighted by atomic mass is 10.2. The van der Waals surface area contributed by atoms with Crippen LogP contribution >= 0.6 is 0 Å². The summed E-state index contributed by atoms with van der Waals surface area (Å²) in [6.45, 7) is 4.38. The zero-order chi connectivity index (χ0) is 16.2. The van der Waals surface area contributed by atoms with E-state index in [0.717, 1.165) is 18.4 Å². The summed E-state index contributed by atoms with van der Waals surface area (Å²) in [5.74, 6) is -0.682. The van der Waals surface area contributed by atoms with E-state index in [1.807, 2.05) is 11.6 Å². The van der Waals surface area contributed by atoms with Crippen molar-refractivity contribution in [2.24, 2.45) is 0 Å². The molecule has 1 aromatic rings. The van der Waals surface area contributed by atoms with Crippen molar-refractivity contribution in [1.29, 1.82) is 0 Å². The van der Waals surface area contributed by atoms with Gasteiger partial charge in [0.05, 0.1) is 17.6 Å². The lowest BCUT2D eigenvalue weighted by Gasteiger charge is -2.16. The highest BCUT2D eigenvalue weighted by Gasteiger charge is 2.24. The van der Waals surface area contributed by atoms with E-state index in [1.165, 1.54) is 19.1 Å². The van der Waals surface area contributed by atoms with Gasteiger partial charge in [-0.3, -0.25) is 4.79 Å². The monoisotopic (exact) mass is 327 g/mol. The van der Waals surface area contributed by atoms with Gasteiger partial charge in [-0.15, -0.1) is 0 Å². The fraction of sp³-hybridized carbons (Fsp3) is 0.533. The van der Waals surface area contributed by atoms with Gasteiger partial charge in [0.1, 0.15) is 6.10 Å². The lowest BCUT2D eigenvalue weighted by molar-refractivity contribution is -0.131. The minimum absolute atomic E-state index is 0.0102. The zero-order valence-electron chi connectivity index (χ0n) is 12.7. The first kappa shape index (κ1) is 16.9. The van der Waals surface area contributed by atoms with Crippen LogP contribution in [0.4, 0.5) is 0 Å². The van der Waals surface area contributed by atoms with Crippen molar-refractivity contribution in [2.45, 2.75) is 43.8 Å². The van der Waals surface area contributed by atoms with Gasteiger partial charge >= 0.3 is 0 Å². The summed E-state index contributed by atoms with van der Waals surface area (Å²) in [7, 11) is -3.87. The first-order chi connectivity index (χ1) is 10.4. The van der Waals surface area contributed by atoms with Gasteiger partial charge in [-0.1, -0.05) is 17.7 Å². The third-order valence-corrected chi connectivity index (χ3v) is 4.85. The summed E-state index contributed by atoms with van der Waals surface area (Å²) in [6, 6.07) is 6.28. The van der Waals surface area contributed by atoms with Crippen LogP contribution in [-0.4, -0.2) is 39.7 Å². The number of aryl methyl sites for hydroxylation is 1. The molecule has 1 aromatic carbocycles. The molecule has 1 N–H and O–H groups in total. The topological polar surface area (TPSA) is 81.7 Å². The first-order valence-corrected chi connectivity index (χ1v) is 8.73. The van der Waals surface area contributed by atoms with Crippen molar-refractivity contribution in [3.8, 4) is 0 Å². The molecule has 0 bridgehead atoms. The summed E-state index contributed by atoms with van der Waals surface area (Å²) >= 11 is 0. The molecular weight excluding hydrogens is 306 g/mol. The molecule has 1 saturated heterocycles. The van der Waals surface area contributed by atoms with Crippen molar-refractivity contribution in [1.82, 2.24) is 4.72 Å². The van der Waals surface area contributed by atoms with E-state index < -0.39 is 22.0 Å². The number of sulfonamides is 1. The van der Waals surface area contributed by atoms with Gasteiger partial charge in [-0.2, -0.15) is 0 Å². The van der Waals surface area contributed by atoms with E-state index in [9.17, 15) is 13.2 Å². The zero-order valence-corrected chi connectivity index (χ0v) is 13.6. The van der Waals surface area contributed by atoms with Crippen LogP contribution in [0.5, 0.6) is 0 Å². The van der Waals surface area contributed by atoms with E-state index in [-0.39, 0.29) is 11.0 Å². The molecule has 0 aliphatic carbocycles. The lowest BCUT2D eigenvalue weighted by Crippen LogP contribution is -2.39. The standard InChI is InChI=1S/C15H21NO5S/c1-11-5-7-14(8-6-11)22(18,19)16-15(17)12(2)21-10-13-4-3-9-20-13/h5-8,12-13H,3-4,9-10H2,1-2H3,(H,16,17)/t12-,13-/m1/s1. The number of benzene rings is 1. The van der Waals surface area contributed by atoms with Crippen molar-refractivity contribution in [3.63, 3.8) is 0 Å². The molecule has 0 aromatic heterocycles. The van der Waals surface area contributed by atoms with Gasteiger partial charge in [0.2, 0.25) is 0 Å². The Kier molecular flexibility index (Phi) is 5.55. The van der Waals surface area contributed by atoms with Crippen LogP contribution in [0, 0.1) is 6.92 Å². The van der Waals surface area contributed by atoms with Crippen LogP contribution < -0.4 is 4.72 Å². The Balaban J connectivity index is 1.90.